The highest BCUT2D eigenvalue weighted by Gasteiger charge is 2.08. The third-order valence-electron chi connectivity index (χ3n) is 1.62. The minimum absolute atomic E-state index is 0.107. The van der Waals surface area contributed by atoms with Crippen LogP contribution in [0, 0.1) is 0 Å². The Kier molecular flexibility index (Phi) is 3.45. The van der Waals surface area contributed by atoms with Gasteiger partial charge in [0.2, 0.25) is 0 Å². The maximum atomic E-state index is 11.5. The van der Waals surface area contributed by atoms with Crippen molar-refractivity contribution >= 4 is 5.91 Å². The third kappa shape index (κ3) is 2.73. The summed E-state index contributed by atoms with van der Waals surface area (Å²) in [6, 6.07) is 3.42. The Morgan fingerprint density at radius 3 is 2.86 bits per heavy atom. The highest BCUT2D eigenvalue weighted by atomic mass is 16.5. The molecule has 1 amide bonds. The average molecular weight is 194 g/mol. The second kappa shape index (κ2) is 4.60. The second-order valence-electron chi connectivity index (χ2n) is 3.21. The predicted molar refractivity (Wildman–Crippen MR) is 53.4 cm³/mol. The zero-order chi connectivity index (χ0) is 10.6. The van der Waals surface area contributed by atoms with Gasteiger partial charge in [0, 0.05) is 18.3 Å². The molecule has 0 fully saturated rings. The van der Waals surface area contributed by atoms with E-state index >= 15 is 0 Å². The minimum Gasteiger partial charge on any atom is -0.497 e. The quantitative estimate of drug-likeness (QED) is 0.787. The number of nitrogens with zero attached hydrogens (tertiary/aromatic N) is 1. The Balaban J connectivity index is 2.79. The molecule has 0 radical (unpaired) electrons. The van der Waals surface area contributed by atoms with Crippen LogP contribution in [0.2, 0.25) is 0 Å². The lowest BCUT2D eigenvalue weighted by Gasteiger charge is -2.08. The molecule has 4 nitrogen and oxygen atoms in total. The van der Waals surface area contributed by atoms with Crippen LogP contribution in [0.15, 0.2) is 18.3 Å². The van der Waals surface area contributed by atoms with Gasteiger partial charge in [0.1, 0.15) is 11.4 Å². The molecule has 1 aromatic heterocycles. The Morgan fingerprint density at radius 2 is 2.29 bits per heavy atom. The number of methoxy groups -OCH3 is 1. The van der Waals surface area contributed by atoms with Gasteiger partial charge in [-0.2, -0.15) is 0 Å². The first kappa shape index (κ1) is 10.5. The molecule has 0 saturated heterocycles. The number of rotatable bonds is 3. The minimum atomic E-state index is -0.182. The van der Waals surface area contributed by atoms with Crippen molar-refractivity contribution in [3.63, 3.8) is 0 Å². The molecule has 0 unspecified atom stereocenters. The first-order valence-corrected chi connectivity index (χ1v) is 4.44. The molecule has 0 bridgehead atoms. The van der Waals surface area contributed by atoms with Crippen molar-refractivity contribution in [3.8, 4) is 5.75 Å². The van der Waals surface area contributed by atoms with Gasteiger partial charge in [-0.05, 0) is 19.9 Å². The zero-order valence-electron chi connectivity index (χ0n) is 8.57. The summed E-state index contributed by atoms with van der Waals surface area (Å²) in [5.41, 5.74) is 0.373. The molecule has 0 spiro atoms. The predicted octanol–water partition coefficient (Wildman–Crippen LogP) is 1.23. The molecule has 0 aliphatic carbocycles. The van der Waals surface area contributed by atoms with Crippen LogP contribution in [0.1, 0.15) is 24.3 Å². The molecule has 76 valence electrons. The molecule has 0 atom stereocenters. The van der Waals surface area contributed by atoms with E-state index in [1.54, 1.807) is 25.4 Å². The van der Waals surface area contributed by atoms with Gasteiger partial charge in [0.05, 0.1) is 7.11 Å². The maximum Gasteiger partial charge on any atom is 0.270 e. The molecule has 1 rings (SSSR count). The molecule has 0 aromatic carbocycles. The van der Waals surface area contributed by atoms with E-state index in [9.17, 15) is 4.79 Å². The van der Waals surface area contributed by atoms with Gasteiger partial charge in [-0.15, -0.1) is 0 Å². The largest absolute Gasteiger partial charge is 0.497 e. The monoisotopic (exact) mass is 194 g/mol. The topological polar surface area (TPSA) is 51.2 Å². The lowest BCUT2D eigenvalue weighted by molar-refractivity contribution is 0.0937. The average Bonchev–Trinajstić information content (AvgIpc) is 2.17. The van der Waals surface area contributed by atoms with E-state index in [1.165, 1.54) is 0 Å². The number of nitrogens with one attached hydrogen (secondary N) is 1. The Bertz CT molecular complexity index is 324. The van der Waals surface area contributed by atoms with Crippen LogP contribution in [-0.4, -0.2) is 24.0 Å². The number of carbonyl (C=O) groups excluding carboxylic acids is 1. The van der Waals surface area contributed by atoms with E-state index in [-0.39, 0.29) is 11.9 Å². The van der Waals surface area contributed by atoms with Crippen LogP contribution in [-0.2, 0) is 0 Å². The van der Waals surface area contributed by atoms with Crippen molar-refractivity contribution in [1.82, 2.24) is 10.3 Å². The molecule has 1 heterocycles. The molecule has 1 N–H and O–H groups in total. The number of amides is 1. The van der Waals surface area contributed by atoms with E-state index in [2.05, 4.69) is 10.3 Å². The summed E-state index contributed by atoms with van der Waals surface area (Å²) in [7, 11) is 1.56. The highest BCUT2D eigenvalue weighted by Crippen LogP contribution is 2.09. The molecule has 1 aromatic rings. The van der Waals surface area contributed by atoms with Crippen molar-refractivity contribution in [2.75, 3.05) is 7.11 Å². The van der Waals surface area contributed by atoms with Crippen LogP contribution in [0.3, 0.4) is 0 Å². The summed E-state index contributed by atoms with van der Waals surface area (Å²) in [6.07, 6.45) is 1.55. The standard InChI is InChI=1S/C10H14N2O2/c1-7(2)12-10(13)9-6-8(14-3)4-5-11-9/h4-7H,1-3H3,(H,12,13). The van der Waals surface area contributed by atoms with Crippen LogP contribution < -0.4 is 10.1 Å². The maximum absolute atomic E-state index is 11.5. The fourth-order valence-corrected chi connectivity index (χ4v) is 0.998. The van der Waals surface area contributed by atoms with E-state index in [4.69, 9.17) is 4.74 Å². The van der Waals surface area contributed by atoms with E-state index < -0.39 is 0 Å². The van der Waals surface area contributed by atoms with Gasteiger partial charge in [-0.1, -0.05) is 0 Å². The fraction of sp³-hybridized carbons (Fsp3) is 0.400. The number of ether oxygens (including phenoxy) is 1. The van der Waals surface area contributed by atoms with Gasteiger partial charge in [0.25, 0.3) is 5.91 Å². The number of hydrogen-bond acceptors (Lipinski definition) is 3. The zero-order valence-corrected chi connectivity index (χ0v) is 8.57. The van der Waals surface area contributed by atoms with E-state index in [0.29, 0.717) is 11.4 Å². The third-order valence-corrected chi connectivity index (χ3v) is 1.62. The van der Waals surface area contributed by atoms with Gasteiger partial charge in [-0.25, -0.2) is 0 Å². The van der Waals surface area contributed by atoms with Crippen molar-refractivity contribution < 1.29 is 9.53 Å². The molecule has 0 saturated carbocycles. The van der Waals surface area contributed by atoms with Crippen molar-refractivity contribution in [1.29, 1.82) is 0 Å². The molecular weight excluding hydrogens is 180 g/mol. The smallest absolute Gasteiger partial charge is 0.270 e. The summed E-state index contributed by atoms with van der Waals surface area (Å²) < 4.78 is 4.99. The SMILES string of the molecule is COc1ccnc(C(=O)NC(C)C)c1. The molecule has 0 aliphatic heterocycles. The first-order chi connectivity index (χ1) is 6.63. The van der Waals surface area contributed by atoms with Gasteiger partial charge in [0.15, 0.2) is 0 Å². The van der Waals surface area contributed by atoms with Crippen LogP contribution in [0.4, 0.5) is 0 Å². The Morgan fingerprint density at radius 1 is 1.57 bits per heavy atom. The van der Waals surface area contributed by atoms with E-state index in [0.717, 1.165) is 0 Å². The number of hydrogen-bond donors (Lipinski definition) is 1. The van der Waals surface area contributed by atoms with Gasteiger partial charge in [-0.3, -0.25) is 9.78 Å². The molecule has 0 aliphatic rings. The Hall–Kier alpha value is -1.58. The molecular formula is C10H14N2O2. The van der Waals surface area contributed by atoms with E-state index in [1.807, 2.05) is 13.8 Å². The lowest BCUT2D eigenvalue weighted by Crippen LogP contribution is -2.30. The van der Waals surface area contributed by atoms with Crippen molar-refractivity contribution in [2.24, 2.45) is 0 Å². The van der Waals surface area contributed by atoms with Crippen molar-refractivity contribution in [2.45, 2.75) is 19.9 Å². The normalized spacial score (nSPS) is 10.0. The molecule has 14 heavy (non-hydrogen) atoms. The number of pyridine rings is 1. The number of carbonyl (C=O) groups is 1. The molecule has 4 heteroatoms. The van der Waals surface area contributed by atoms with Gasteiger partial charge < -0.3 is 10.1 Å². The van der Waals surface area contributed by atoms with Crippen LogP contribution in [0.5, 0.6) is 5.75 Å². The summed E-state index contributed by atoms with van der Waals surface area (Å²) >= 11 is 0. The van der Waals surface area contributed by atoms with Crippen LogP contribution >= 0.6 is 0 Å². The number of aromatic nitrogens is 1. The summed E-state index contributed by atoms with van der Waals surface area (Å²) in [5.74, 6) is 0.452. The van der Waals surface area contributed by atoms with Crippen molar-refractivity contribution in [3.05, 3.63) is 24.0 Å². The summed E-state index contributed by atoms with van der Waals surface area (Å²) in [5, 5.41) is 2.75. The van der Waals surface area contributed by atoms with Gasteiger partial charge >= 0.3 is 0 Å². The fourth-order valence-electron chi connectivity index (χ4n) is 0.998. The lowest BCUT2D eigenvalue weighted by atomic mass is 10.3. The summed E-state index contributed by atoms with van der Waals surface area (Å²) in [6.45, 7) is 3.80. The second-order valence-corrected chi connectivity index (χ2v) is 3.21. The highest BCUT2D eigenvalue weighted by molar-refractivity contribution is 5.92. The van der Waals surface area contributed by atoms with Crippen LogP contribution in [0.25, 0.3) is 0 Å². The first-order valence-electron chi connectivity index (χ1n) is 4.44. The summed E-state index contributed by atoms with van der Waals surface area (Å²) in [4.78, 5) is 15.4. The Labute approximate surface area is 83.3 Å².